The normalized spacial score (nSPS) is 10.0. The van der Waals surface area contributed by atoms with E-state index in [1.165, 1.54) is 10.5 Å². The summed E-state index contributed by atoms with van der Waals surface area (Å²) in [4.78, 5) is 1.37. The van der Waals surface area contributed by atoms with E-state index in [1.54, 1.807) is 0 Å². The quantitative estimate of drug-likeness (QED) is 0.392. The molecule has 0 unspecified atom stereocenters. The lowest BCUT2D eigenvalue weighted by molar-refractivity contribution is -0.856. The Kier molecular flexibility index (Phi) is 7.21. The Balaban J connectivity index is 2.22. The summed E-state index contributed by atoms with van der Waals surface area (Å²) in [6.07, 6.45) is 0. The predicted octanol–water partition coefficient (Wildman–Crippen LogP) is -0.195. The van der Waals surface area contributed by atoms with Crippen molar-refractivity contribution < 1.29 is 4.90 Å². The maximum Gasteiger partial charge on any atom is 0.189 e. The summed E-state index contributed by atoms with van der Waals surface area (Å²) in [5.41, 5.74) is 7.83. The zero-order valence-corrected chi connectivity index (χ0v) is 13.7. The van der Waals surface area contributed by atoms with Crippen molar-refractivity contribution in [3.8, 4) is 0 Å². The van der Waals surface area contributed by atoms with Crippen molar-refractivity contribution in [1.82, 2.24) is 16.2 Å². The van der Waals surface area contributed by atoms with E-state index in [1.807, 2.05) is 31.2 Å². The first-order valence-corrected chi connectivity index (χ1v) is 7.25. The Morgan fingerprint density at radius 1 is 1.05 bits per heavy atom. The second-order valence-corrected chi connectivity index (χ2v) is 5.60. The summed E-state index contributed by atoms with van der Waals surface area (Å²) >= 11 is 10.3. The number of anilines is 1. The summed E-state index contributed by atoms with van der Waals surface area (Å²) in [6, 6.07) is 7.99. The van der Waals surface area contributed by atoms with Gasteiger partial charge in [-0.2, -0.15) is 0 Å². The van der Waals surface area contributed by atoms with Crippen molar-refractivity contribution in [1.29, 1.82) is 0 Å². The standard InChI is InChI=1S/C13H21N5S2/c1-10-4-6-11(7-5-10)15-13(20)17-16-12(19)14-8-9-18(2)3/h4-7H,8-9H2,1-3H3,(H2,14,16,19)(H2,15,17,20)/p+1. The molecular formula is C13H22N5S2+. The lowest BCUT2D eigenvalue weighted by Crippen LogP contribution is -3.06. The van der Waals surface area contributed by atoms with E-state index in [-0.39, 0.29) is 0 Å². The van der Waals surface area contributed by atoms with Crippen LogP contribution in [0.5, 0.6) is 0 Å². The number of hydrazine groups is 1. The molecular weight excluding hydrogens is 290 g/mol. The van der Waals surface area contributed by atoms with E-state index in [0.29, 0.717) is 10.2 Å². The van der Waals surface area contributed by atoms with Crippen LogP contribution in [0.3, 0.4) is 0 Å². The molecule has 1 rings (SSSR count). The van der Waals surface area contributed by atoms with Crippen molar-refractivity contribution in [2.24, 2.45) is 0 Å². The molecule has 0 saturated carbocycles. The predicted molar refractivity (Wildman–Crippen MR) is 91.9 cm³/mol. The van der Waals surface area contributed by atoms with Crippen LogP contribution in [-0.4, -0.2) is 37.4 Å². The third-order valence-electron chi connectivity index (χ3n) is 2.51. The van der Waals surface area contributed by atoms with E-state index in [0.717, 1.165) is 18.8 Å². The van der Waals surface area contributed by atoms with Gasteiger partial charge in [0.05, 0.1) is 27.2 Å². The van der Waals surface area contributed by atoms with Crippen LogP contribution in [0.2, 0.25) is 0 Å². The lowest BCUT2D eigenvalue weighted by Gasteiger charge is -2.15. The van der Waals surface area contributed by atoms with Gasteiger partial charge in [0.2, 0.25) is 0 Å². The van der Waals surface area contributed by atoms with Crippen LogP contribution >= 0.6 is 24.4 Å². The molecule has 0 amide bonds. The molecule has 5 nitrogen and oxygen atoms in total. The van der Waals surface area contributed by atoms with Gasteiger partial charge in [0.25, 0.3) is 0 Å². The fourth-order valence-electron chi connectivity index (χ4n) is 1.38. The number of aryl methyl sites for hydroxylation is 1. The zero-order valence-electron chi connectivity index (χ0n) is 12.0. The summed E-state index contributed by atoms with van der Waals surface area (Å²) in [5, 5.41) is 7.15. The lowest BCUT2D eigenvalue weighted by atomic mass is 10.2. The SMILES string of the molecule is Cc1ccc(NC(=S)NNC(=S)NCC[NH+](C)C)cc1. The maximum absolute atomic E-state index is 5.17. The van der Waals surface area contributed by atoms with E-state index in [9.17, 15) is 0 Å². The average Bonchev–Trinajstić information content (AvgIpc) is 2.39. The minimum Gasteiger partial charge on any atom is -0.356 e. The minimum atomic E-state index is 0.469. The van der Waals surface area contributed by atoms with Gasteiger partial charge < -0.3 is 15.5 Å². The molecule has 0 aliphatic heterocycles. The topological polar surface area (TPSA) is 52.6 Å². The second-order valence-electron chi connectivity index (χ2n) is 4.78. The van der Waals surface area contributed by atoms with Gasteiger partial charge in [-0.1, -0.05) is 17.7 Å². The van der Waals surface area contributed by atoms with Crippen LogP contribution in [0.15, 0.2) is 24.3 Å². The van der Waals surface area contributed by atoms with E-state index in [4.69, 9.17) is 24.4 Å². The highest BCUT2D eigenvalue weighted by Gasteiger charge is 1.99. The molecule has 1 aromatic rings. The third-order valence-corrected chi connectivity index (χ3v) is 2.96. The Labute approximate surface area is 131 Å². The number of hydrogen-bond acceptors (Lipinski definition) is 2. The van der Waals surface area contributed by atoms with Gasteiger partial charge in [0.15, 0.2) is 10.2 Å². The van der Waals surface area contributed by atoms with Gasteiger partial charge in [-0.15, -0.1) is 0 Å². The van der Waals surface area contributed by atoms with Gasteiger partial charge in [0, 0.05) is 5.69 Å². The summed E-state index contributed by atoms with van der Waals surface area (Å²) < 4.78 is 0. The molecule has 0 aliphatic carbocycles. The van der Waals surface area contributed by atoms with Gasteiger partial charge in [-0.05, 0) is 43.5 Å². The summed E-state index contributed by atoms with van der Waals surface area (Å²) in [6.45, 7) is 3.85. The van der Waals surface area contributed by atoms with Crippen molar-refractivity contribution in [2.45, 2.75) is 6.92 Å². The van der Waals surface area contributed by atoms with Gasteiger partial charge >= 0.3 is 0 Å². The van der Waals surface area contributed by atoms with Crippen molar-refractivity contribution in [3.05, 3.63) is 29.8 Å². The number of nitrogens with one attached hydrogen (secondary N) is 5. The second kappa shape index (κ2) is 8.68. The van der Waals surface area contributed by atoms with E-state index >= 15 is 0 Å². The van der Waals surface area contributed by atoms with Crippen molar-refractivity contribution in [2.75, 3.05) is 32.5 Å². The molecule has 20 heavy (non-hydrogen) atoms. The average molecular weight is 312 g/mol. The molecule has 5 N–H and O–H groups in total. The molecule has 0 saturated heterocycles. The van der Waals surface area contributed by atoms with Crippen molar-refractivity contribution in [3.63, 3.8) is 0 Å². The van der Waals surface area contributed by atoms with E-state index in [2.05, 4.69) is 35.6 Å². The molecule has 0 aliphatic rings. The van der Waals surface area contributed by atoms with Crippen LogP contribution in [0.1, 0.15) is 5.56 Å². The fourth-order valence-corrected chi connectivity index (χ4v) is 1.70. The Morgan fingerprint density at radius 2 is 1.65 bits per heavy atom. The van der Waals surface area contributed by atoms with Gasteiger partial charge in [0.1, 0.15) is 0 Å². The number of likely N-dealkylation sites (N-methyl/N-ethyl adjacent to an activating group) is 1. The highest BCUT2D eigenvalue weighted by molar-refractivity contribution is 7.80. The number of rotatable bonds is 4. The van der Waals surface area contributed by atoms with Crippen LogP contribution in [-0.2, 0) is 0 Å². The van der Waals surface area contributed by atoms with Gasteiger partial charge in [-0.3, -0.25) is 10.9 Å². The summed E-state index contributed by atoms with van der Waals surface area (Å²) in [7, 11) is 4.19. The molecule has 110 valence electrons. The fraction of sp³-hybridized carbons (Fsp3) is 0.385. The Morgan fingerprint density at radius 3 is 2.25 bits per heavy atom. The number of quaternary nitrogens is 1. The highest BCUT2D eigenvalue weighted by Crippen LogP contribution is 2.07. The number of thiocarbonyl (C=S) groups is 2. The summed E-state index contributed by atoms with van der Waals surface area (Å²) in [5.74, 6) is 0. The van der Waals surface area contributed by atoms with Crippen molar-refractivity contribution >= 4 is 40.3 Å². The zero-order chi connectivity index (χ0) is 15.0. The van der Waals surface area contributed by atoms with Crippen LogP contribution in [0, 0.1) is 6.92 Å². The van der Waals surface area contributed by atoms with E-state index < -0.39 is 0 Å². The first-order chi connectivity index (χ1) is 9.47. The number of hydrogen-bond donors (Lipinski definition) is 5. The van der Waals surface area contributed by atoms with Crippen LogP contribution < -0.4 is 26.4 Å². The molecule has 0 aromatic heterocycles. The Bertz CT molecular complexity index is 445. The van der Waals surface area contributed by atoms with Crippen LogP contribution in [0.25, 0.3) is 0 Å². The maximum atomic E-state index is 5.17. The highest BCUT2D eigenvalue weighted by atomic mass is 32.1. The monoisotopic (exact) mass is 312 g/mol. The molecule has 0 spiro atoms. The molecule has 0 atom stereocenters. The van der Waals surface area contributed by atoms with Gasteiger partial charge in [-0.25, -0.2) is 0 Å². The smallest absolute Gasteiger partial charge is 0.189 e. The van der Waals surface area contributed by atoms with Crippen LogP contribution in [0.4, 0.5) is 5.69 Å². The molecule has 0 radical (unpaired) electrons. The third kappa shape index (κ3) is 7.22. The Hall–Kier alpha value is -1.44. The molecule has 0 heterocycles. The first-order valence-electron chi connectivity index (χ1n) is 6.44. The number of benzene rings is 1. The molecule has 1 aromatic carbocycles. The first kappa shape index (κ1) is 16.6. The molecule has 7 heteroatoms. The molecule has 0 bridgehead atoms. The minimum absolute atomic E-state index is 0.469. The largest absolute Gasteiger partial charge is 0.356 e. The molecule has 0 fully saturated rings.